The lowest BCUT2D eigenvalue weighted by Crippen LogP contribution is -2.37. The van der Waals surface area contributed by atoms with Crippen LogP contribution in [0.2, 0.25) is 10.2 Å². The van der Waals surface area contributed by atoms with Gasteiger partial charge >= 0.3 is 0 Å². The van der Waals surface area contributed by atoms with Crippen LogP contribution in [0.5, 0.6) is 0 Å². The summed E-state index contributed by atoms with van der Waals surface area (Å²) < 4.78 is 1.72. The lowest BCUT2D eigenvalue weighted by molar-refractivity contribution is 0.300. The fourth-order valence-electron chi connectivity index (χ4n) is 2.22. The summed E-state index contributed by atoms with van der Waals surface area (Å²) in [6.07, 6.45) is 1.96. The van der Waals surface area contributed by atoms with Gasteiger partial charge in [0.1, 0.15) is 10.2 Å². The number of nitrogens with one attached hydrogen (secondary N) is 2. The average Bonchev–Trinajstić information content (AvgIpc) is 2.79. The Hall–Kier alpha value is -0.560. The second-order valence-corrected chi connectivity index (χ2v) is 6.47. The summed E-state index contributed by atoms with van der Waals surface area (Å²) in [5.74, 6) is 0. The monoisotopic (exact) mass is 379 g/mol. The number of nitrogens with zero attached hydrogens (tertiary/aromatic N) is 3. The van der Waals surface area contributed by atoms with Crippen molar-refractivity contribution in [3.8, 4) is 0 Å². The molecular weight excluding hydrogens is 353 g/mol. The summed E-state index contributed by atoms with van der Waals surface area (Å²) in [4.78, 5) is 2.40. The first kappa shape index (κ1) is 20.5. The Labute approximate surface area is 154 Å². The molecular formula is C15H27Cl2N5S. The van der Waals surface area contributed by atoms with Crippen LogP contribution in [0.1, 0.15) is 32.4 Å². The molecule has 0 bridgehead atoms. The Morgan fingerprint density at radius 1 is 1.17 bits per heavy atom. The first-order valence-corrected chi connectivity index (χ1v) is 9.28. The first-order chi connectivity index (χ1) is 11.0. The van der Waals surface area contributed by atoms with E-state index in [0.717, 1.165) is 51.3 Å². The quantitative estimate of drug-likeness (QED) is 0.483. The van der Waals surface area contributed by atoms with E-state index in [1.165, 1.54) is 0 Å². The summed E-state index contributed by atoms with van der Waals surface area (Å²) in [6, 6.07) is 0. The molecule has 0 aromatic carbocycles. The first-order valence-electron chi connectivity index (χ1n) is 8.12. The highest BCUT2D eigenvalue weighted by Crippen LogP contribution is 2.24. The van der Waals surface area contributed by atoms with Gasteiger partial charge in [-0.2, -0.15) is 5.10 Å². The fraction of sp³-hybridized carbons (Fsp3) is 0.733. The molecule has 8 heteroatoms. The number of aromatic nitrogens is 2. The molecule has 1 aromatic rings. The van der Waals surface area contributed by atoms with Gasteiger partial charge in [0.25, 0.3) is 0 Å². The second kappa shape index (κ2) is 11.1. The lowest BCUT2D eigenvalue weighted by Gasteiger charge is -2.18. The summed E-state index contributed by atoms with van der Waals surface area (Å²) in [5.41, 5.74) is 0.759. The standard InChI is InChI=1S/C15H27Cl2N5S/c1-4-21(5-2)10-6-8-18-15(23)19-9-7-11-22-14(17)13(16)12(3)20-22/h4-11H2,1-3H3,(H2,18,19,23). The maximum Gasteiger partial charge on any atom is 0.166 e. The molecule has 0 radical (unpaired) electrons. The third-order valence-electron chi connectivity index (χ3n) is 3.66. The summed E-state index contributed by atoms with van der Waals surface area (Å²) in [6.45, 7) is 11.9. The largest absolute Gasteiger partial charge is 0.363 e. The van der Waals surface area contributed by atoms with Gasteiger partial charge in [-0.3, -0.25) is 4.68 Å². The summed E-state index contributed by atoms with van der Waals surface area (Å²) in [7, 11) is 0. The third kappa shape index (κ3) is 7.25. The average molecular weight is 380 g/mol. The van der Waals surface area contributed by atoms with Gasteiger partial charge in [0, 0.05) is 19.6 Å². The van der Waals surface area contributed by atoms with Gasteiger partial charge in [0.15, 0.2) is 5.11 Å². The molecule has 2 N–H and O–H groups in total. The van der Waals surface area contributed by atoms with Crippen molar-refractivity contribution in [1.29, 1.82) is 0 Å². The predicted octanol–water partition coefficient (Wildman–Crippen LogP) is 3.08. The number of hydrogen-bond acceptors (Lipinski definition) is 3. The van der Waals surface area contributed by atoms with Crippen molar-refractivity contribution in [2.75, 3.05) is 32.7 Å². The highest BCUT2D eigenvalue weighted by molar-refractivity contribution is 7.80. The zero-order valence-electron chi connectivity index (χ0n) is 14.2. The van der Waals surface area contributed by atoms with Crippen LogP contribution in [0, 0.1) is 6.92 Å². The molecule has 132 valence electrons. The molecule has 1 rings (SSSR count). The molecule has 23 heavy (non-hydrogen) atoms. The van der Waals surface area contributed by atoms with Gasteiger partial charge in [-0.15, -0.1) is 0 Å². The van der Waals surface area contributed by atoms with Crippen molar-refractivity contribution >= 4 is 40.5 Å². The predicted molar refractivity (Wildman–Crippen MR) is 103 cm³/mol. The molecule has 0 fully saturated rings. The minimum atomic E-state index is 0.501. The van der Waals surface area contributed by atoms with Gasteiger partial charge in [-0.25, -0.2) is 0 Å². The molecule has 0 saturated carbocycles. The lowest BCUT2D eigenvalue weighted by atomic mass is 10.3. The van der Waals surface area contributed by atoms with E-state index >= 15 is 0 Å². The topological polar surface area (TPSA) is 45.1 Å². The van der Waals surface area contributed by atoms with Gasteiger partial charge < -0.3 is 15.5 Å². The van der Waals surface area contributed by atoms with Gasteiger partial charge in [-0.1, -0.05) is 37.0 Å². The Kier molecular flexibility index (Phi) is 9.86. The number of rotatable bonds is 10. The van der Waals surface area contributed by atoms with Crippen LogP contribution < -0.4 is 10.6 Å². The number of halogens is 2. The minimum Gasteiger partial charge on any atom is -0.363 e. The maximum atomic E-state index is 6.10. The van der Waals surface area contributed by atoms with E-state index < -0.39 is 0 Å². The van der Waals surface area contributed by atoms with Crippen molar-refractivity contribution < 1.29 is 0 Å². The fourth-order valence-corrected chi connectivity index (χ4v) is 2.82. The molecule has 0 aliphatic heterocycles. The van der Waals surface area contributed by atoms with E-state index in [0.29, 0.717) is 21.8 Å². The molecule has 0 unspecified atom stereocenters. The zero-order valence-corrected chi connectivity index (χ0v) is 16.5. The van der Waals surface area contributed by atoms with Crippen LogP contribution in [0.15, 0.2) is 0 Å². The van der Waals surface area contributed by atoms with Gasteiger partial charge in [0.05, 0.1) is 5.69 Å². The van der Waals surface area contributed by atoms with Crippen LogP contribution in [-0.4, -0.2) is 52.5 Å². The summed E-state index contributed by atoms with van der Waals surface area (Å²) in [5, 5.41) is 12.5. The molecule has 5 nitrogen and oxygen atoms in total. The SMILES string of the molecule is CCN(CC)CCCNC(=S)NCCCn1nc(C)c(Cl)c1Cl. The molecule has 0 aliphatic carbocycles. The van der Waals surface area contributed by atoms with E-state index in [2.05, 4.69) is 34.5 Å². The van der Waals surface area contributed by atoms with E-state index in [9.17, 15) is 0 Å². The Morgan fingerprint density at radius 2 is 1.78 bits per heavy atom. The highest BCUT2D eigenvalue weighted by Gasteiger charge is 2.10. The molecule has 0 spiro atoms. The Bertz CT molecular complexity index is 488. The van der Waals surface area contributed by atoms with Crippen LogP contribution in [0.25, 0.3) is 0 Å². The van der Waals surface area contributed by atoms with Crippen molar-refractivity contribution in [2.24, 2.45) is 0 Å². The van der Waals surface area contributed by atoms with Crippen LogP contribution in [0.4, 0.5) is 0 Å². The van der Waals surface area contributed by atoms with Crippen LogP contribution in [0.3, 0.4) is 0 Å². The highest BCUT2D eigenvalue weighted by atomic mass is 35.5. The molecule has 1 heterocycles. The normalized spacial score (nSPS) is 11.0. The molecule has 1 aromatic heterocycles. The van der Waals surface area contributed by atoms with Crippen LogP contribution >= 0.6 is 35.4 Å². The molecule has 0 aliphatic rings. The molecule has 0 saturated heterocycles. The minimum absolute atomic E-state index is 0.501. The van der Waals surface area contributed by atoms with Crippen LogP contribution in [-0.2, 0) is 6.54 Å². The van der Waals surface area contributed by atoms with Crippen molar-refractivity contribution in [2.45, 2.75) is 40.2 Å². The van der Waals surface area contributed by atoms with Crippen molar-refractivity contribution in [3.05, 3.63) is 15.9 Å². The van der Waals surface area contributed by atoms with E-state index in [1.54, 1.807) is 4.68 Å². The number of thiocarbonyl (C=S) groups is 1. The smallest absolute Gasteiger partial charge is 0.166 e. The van der Waals surface area contributed by atoms with E-state index in [4.69, 9.17) is 35.4 Å². The van der Waals surface area contributed by atoms with Gasteiger partial charge in [0.2, 0.25) is 0 Å². The molecule has 0 amide bonds. The number of aryl methyl sites for hydroxylation is 2. The Balaban J connectivity index is 2.11. The molecule has 0 atom stereocenters. The summed E-state index contributed by atoms with van der Waals surface area (Å²) >= 11 is 17.4. The van der Waals surface area contributed by atoms with E-state index in [1.807, 2.05) is 6.92 Å². The van der Waals surface area contributed by atoms with E-state index in [-0.39, 0.29) is 0 Å². The van der Waals surface area contributed by atoms with Crippen molar-refractivity contribution in [1.82, 2.24) is 25.3 Å². The second-order valence-electron chi connectivity index (χ2n) is 5.33. The van der Waals surface area contributed by atoms with Gasteiger partial charge in [-0.05, 0) is 51.6 Å². The van der Waals surface area contributed by atoms with Crippen molar-refractivity contribution in [3.63, 3.8) is 0 Å². The maximum absolute atomic E-state index is 6.10. The number of hydrogen-bond donors (Lipinski definition) is 2. The third-order valence-corrected chi connectivity index (χ3v) is 4.88. The zero-order chi connectivity index (χ0) is 17.2. The Morgan fingerprint density at radius 3 is 2.30 bits per heavy atom.